The minimum atomic E-state index is -1.44. The Morgan fingerprint density at radius 3 is 2.38 bits per heavy atom. The molecule has 0 fully saturated rings. The minimum Gasteiger partial charge on any atom is -0.333 e. The molecule has 2 nitrogen and oxygen atoms in total. The average Bonchev–Trinajstić information content (AvgIpc) is 2.85. The summed E-state index contributed by atoms with van der Waals surface area (Å²) in [6.45, 7) is 0. The van der Waals surface area contributed by atoms with E-state index < -0.39 is 17.5 Å². The fourth-order valence-corrected chi connectivity index (χ4v) is 2.66. The molecule has 0 aliphatic carbocycles. The number of fused-ring (bicyclic) bond motifs is 1. The number of imidazole rings is 1. The van der Waals surface area contributed by atoms with Crippen LogP contribution in [0.4, 0.5) is 13.2 Å². The summed E-state index contributed by atoms with van der Waals surface area (Å²) < 4.78 is 39.0. The molecule has 21 heavy (non-hydrogen) atoms. The highest BCUT2D eigenvalue weighted by atomic mass is 79.9. The molecule has 3 aromatic rings. The Hall–Kier alpha value is -1.47. The number of H-pyrrole nitrogens is 1. The normalized spacial score (nSPS) is 10.6. The summed E-state index contributed by atoms with van der Waals surface area (Å²) in [5.74, 6) is -3.49. The van der Waals surface area contributed by atoms with Crippen molar-refractivity contribution >= 4 is 39.8 Å². The van der Waals surface area contributed by atoms with Crippen molar-refractivity contribution in [3.05, 3.63) is 59.4 Å². The highest BCUT2D eigenvalue weighted by molar-refractivity contribution is 8.93. The van der Waals surface area contributed by atoms with E-state index in [4.69, 9.17) is 0 Å². The van der Waals surface area contributed by atoms with Crippen molar-refractivity contribution in [3.63, 3.8) is 0 Å². The third-order valence-electron chi connectivity index (χ3n) is 2.79. The molecule has 1 heterocycles. The summed E-state index contributed by atoms with van der Waals surface area (Å²) in [6.07, 6.45) is 0. The molecule has 0 saturated carbocycles. The van der Waals surface area contributed by atoms with Crippen LogP contribution in [0.25, 0.3) is 11.0 Å². The maximum Gasteiger partial charge on any atom is 0.194 e. The first-order valence-electron chi connectivity index (χ1n) is 5.84. The molecule has 0 spiro atoms. The molecule has 0 aliphatic rings. The van der Waals surface area contributed by atoms with E-state index >= 15 is 0 Å². The number of nitrogens with zero attached hydrogens (tertiary/aromatic N) is 1. The summed E-state index contributed by atoms with van der Waals surface area (Å²) in [6, 6.07) is 9.51. The van der Waals surface area contributed by atoms with E-state index in [0.717, 1.165) is 23.2 Å². The monoisotopic (exact) mass is 374 g/mol. The first-order valence-corrected chi connectivity index (χ1v) is 6.83. The van der Waals surface area contributed by atoms with Gasteiger partial charge >= 0.3 is 0 Å². The van der Waals surface area contributed by atoms with Crippen molar-refractivity contribution in [2.45, 2.75) is 10.9 Å². The molecule has 0 atom stereocenters. The Labute approximate surface area is 133 Å². The molecule has 0 saturated heterocycles. The highest BCUT2D eigenvalue weighted by Crippen LogP contribution is 2.24. The molecule has 7 heteroatoms. The zero-order valence-corrected chi connectivity index (χ0v) is 13.1. The van der Waals surface area contributed by atoms with Crippen molar-refractivity contribution in [2.24, 2.45) is 0 Å². The van der Waals surface area contributed by atoms with E-state index in [2.05, 4.69) is 9.97 Å². The summed E-state index contributed by atoms with van der Waals surface area (Å²) in [4.78, 5) is 7.43. The van der Waals surface area contributed by atoms with Gasteiger partial charge in [0.1, 0.15) is 0 Å². The number of thioether (sulfide) groups is 1. The third-order valence-corrected chi connectivity index (χ3v) is 3.73. The van der Waals surface area contributed by atoms with Gasteiger partial charge in [0.25, 0.3) is 0 Å². The van der Waals surface area contributed by atoms with Crippen molar-refractivity contribution < 1.29 is 13.2 Å². The summed E-state index contributed by atoms with van der Waals surface area (Å²) in [5, 5.41) is 0.649. The second-order valence-electron chi connectivity index (χ2n) is 4.22. The van der Waals surface area contributed by atoms with Crippen LogP contribution in [-0.4, -0.2) is 9.97 Å². The lowest BCUT2D eigenvalue weighted by atomic mass is 10.2. The molecule has 1 N–H and O–H groups in total. The Morgan fingerprint density at radius 2 is 1.71 bits per heavy atom. The van der Waals surface area contributed by atoms with Gasteiger partial charge in [-0.25, -0.2) is 18.2 Å². The SMILES string of the molecule is Br.Fc1cc(CSc2nc3ccccc3[nH]2)cc(F)c1F. The van der Waals surface area contributed by atoms with Crippen molar-refractivity contribution in [1.29, 1.82) is 0 Å². The summed E-state index contributed by atoms with van der Waals surface area (Å²) >= 11 is 1.30. The number of para-hydroxylation sites is 2. The second-order valence-corrected chi connectivity index (χ2v) is 5.19. The lowest BCUT2D eigenvalue weighted by molar-refractivity contribution is 0.446. The van der Waals surface area contributed by atoms with E-state index in [1.54, 1.807) is 0 Å². The number of nitrogens with one attached hydrogen (secondary N) is 1. The molecule has 0 unspecified atom stereocenters. The molecule has 2 aromatic carbocycles. The molecule has 3 rings (SSSR count). The van der Waals surface area contributed by atoms with Gasteiger partial charge in [0.15, 0.2) is 22.6 Å². The van der Waals surface area contributed by atoms with Crippen LogP contribution in [-0.2, 0) is 5.75 Å². The van der Waals surface area contributed by atoms with Crippen LogP contribution in [0.3, 0.4) is 0 Å². The van der Waals surface area contributed by atoms with E-state index in [-0.39, 0.29) is 17.0 Å². The molecule has 1 aromatic heterocycles. The van der Waals surface area contributed by atoms with Gasteiger partial charge < -0.3 is 4.98 Å². The molecule has 0 aliphatic heterocycles. The van der Waals surface area contributed by atoms with Crippen LogP contribution in [0.5, 0.6) is 0 Å². The van der Waals surface area contributed by atoms with Crippen molar-refractivity contribution in [1.82, 2.24) is 9.97 Å². The van der Waals surface area contributed by atoms with Crippen molar-refractivity contribution in [2.75, 3.05) is 0 Å². The Morgan fingerprint density at radius 1 is 1.05 bits per heavy atom. The zero-order valence-electron chi connectivity index (χ0n) is 10.6. The standard InChI is InChI=1S/C14H9F3N2S.BrH/c15-9-5-8(6-10(16)13(9)17)7-20-14-18-11-3-1-2-4-12(11)19-14;/h1-6H,7H2,(H,18,19);1H. The summed E-state index contributed by atoms with van der Waals surface area (Å²) in [7, 11) is 0. The number of benzene rings is 2. The Balaban J connectivity index is 0.00000161. The number of hydrogen-bond donors (Lipinski definition) is 1. The first-order chi connectivity index (χ1) is 9.63. The van der Waals surface area contributed by atoms with Crippen LogP contribution in [0, 0.1) is 17.5 Å². The molecule has 0 amide bonds. The number of rotatable bonds is 3. The van der Waals surface area contributed by atoms with Gasteiger partial charge in [-0.15, -0.1) is 17.0 Å². The zero-order chi connectivity index (χ0) is 14.1. The summed E-state index contributed by atoms with van der Waals surface area (Å²) in [5.41, 5.74) is 2.09. The average molecular weight is 375 g/mol. The fraction of sp³-hybridized carbons (Fsp3) is 0.0714. The Bertz CT molecular complexity index is 720. The van der Waals surface area contributed by atoms with Crippen LogP contribution >= 0.6 is 28.7 Å². The van der Waals surface area contributed by atoms with Crippen molar-refractivity contribution in [3.8, 4) is 0 Å². The Kier molecular flexibility index (Phi) is 4.95. The number of aromatic amines is 1. The van der Waals surface area contributed by atoms with Gasteiger partial charge in [-0.1, -0.05) is 23.9 Å². The molecule has 110 valence electrons. The van der Waals surface area contributed by atoms with E-state index in [1.165, 1.54) is 11.8 Å². The first kappa shape index (κ1) is 15.9. The van der Waals surface area contributed by atoms with Gasteiger partial charge in [-0.2, -0.15) is 0 Å². The number of halogens is 4. The highest BCUT2D eigenvalue weighted by Gasteiger charge is 2.11. The van der Waals surface area contributed by atoms with Crippen LogP contribution in [0.2, 0.25) is 0 Å². The molecular weight excluding hydrogens is 365 g/mol. The minimum absolute atomic E-state index is 0. The molecular formula is C14H10BrF3N2S. The van der Waals surface area contributed by atoms with E-state index in [9.17, 15) is 13.2 Å². The lowest BCUT2D eigenvalue weighted by Gasteiger charge is -2.01. The fourth-order valence-electron chi connectivity index (χ4n) is 1.84. The number of hydrogen-bond acceptors (Lipinski definition) is 2. The number of aromatic nitrogens is 2. The quantitative estimate of drug-likeness (QED) is 0.524. The van der Waals surface area contributed by atoms with Gasteiger partial charge in [0.2, 0.25) is 0 Å². The largest absolute Gasteiger partial charge is 0.333 e. The lowest BCUT2D eigenvalue weighted by Crippen LogP contribution is -1.93. The van der Waals surface area contributed by atoms with Crippen LogP contribution in [0.1, 0.15) is 5.56 Å². The van der Waals surface area contributed by atoms with Gasteiger partial charge in [0.05, 0.1) is 11.0 Å². The van der Waals surface area contributed by atoms with E-state index in [0.29, 0.717) is 16.5 Å². The van der Waals surface area contributed by atoms with Gasteiger partial charge in [-0.3, -0.25) is 0 Å². The van der Waals surface area contributed by atoms with Crippen LogP contribution in [0.15, 0.2) is 41.6 Å². The van der Waals surface area contributed by atoms with Gasteiger partial charge in [0, 0.05) is 5.75 Å². The van der Waals surface area contributed by atoms with Crippen LogP contribution < -0.4 is 0 Å². The van der Waals surface area contributed by atoms with Gasteiger partial charge in [-0.05, 0) is 29.8 Å². The topological polar surface area (TPSA) is 28.7 Å². The predicted octanol–water partition coefficient (Wildman–Crippen LogP) is 4.85. The third kappa shape index (κ3) is 3.41. The smallest absolute Gasteiger partial charge is 0.194 e. The molecule has 0 radical (unpaired) electrons. The molecule has 0 bridgehead atoms. The second kappa shape index (κ2) is 6.53. The maximum absolute atomic E-state index is 13.1. The predicted molar refractivity (Wildman–Crippen MR) is 82.3 cm³/mol. The van der Waals surface area contributed by atoms with E-state index in [1.807, 2.05) is 24.3 Å². The maximum atomic E-state index is 13.1.